The summed E-state index contributed by atoms with van der Waals surface area (Å²) in [6, 6.07) is 20.7. The number of carboxylic acids is 1. The third-order valence-electron chi connectivity index (χ3n) is 7.88. The van der Waals surface area contributed by atoms with Crippen molar-refractivity contribution in [2.75, 3.05) is 18.5 Å². The number of rotatable bonds is 9. The number of amides is 1. The van der Waals surface area contributed by atoms with Crippen molar-refractivity contribution in [3.05, 3.63) is 99.7 Å². The van der Waals surface area contributed by atoms with Crippen LogP contribution < -0.4 is 4.90 Å². The maximum Gasteiger partial charge on any atom is 0.307 e. The van der Waals surface area contributed by atoms with Gasteiger partial charge in [0.2, 0.25) is 0 Å². The van der Waals surface area contributed by atoms with E-state index >= 15 is 4.39 Å². The fraction of sp³-hybridized carbons (Fsp3) is 0.324. The van der Waals surface area contributed by atoms with Gasteiger partial charge < -0.3 is 10.0 Å². The van der Waals surface area contributed by atoms with E-state index in [1.807, 2.05) is 24.9 Å². The van der Waals surface area contributed by atoms with Gasteiger partial charge in [-0.3, -0.25) is 14.5 Å². The lowest BCUT2D eigenvalue weighted by Gasteiger charge is -2.23. The summed E-state index contributed by atoms with van der Waals surface area (Å²) < 4.78 is 15.3. The molecule has 0 bridgehead atoms. The Bertz CT molecular complexity index is 1500. The molecule has 1 N–H and O–H groups in total. The number of thioether (sulfide) groups is 1. The molecule has 2 fully saturated rings. The summed E-state index contributed by atoms with van der Waals surface area (Å²) in [5, 5.41) is 9.50. The van der Waals surface area contributed by atoms with Crippen LogP contribution in [-0.2, 0) is 22.6 Å². The standard InChI is InChI=1S/C34H36FN3O3S/c1-3-38-33(41)31(42-34(38)36-28-16-11-23(12-17-28)21-32(39)40)20-25-13-18-30(29(35)19-25)37(2)22-24-9-14-27(15-10-24)26-7-5-4-6-8-26/h9-20,26H,3-8,21-22H2,1-2H3,(H,39,40)/b31-20-,36-34+. The highest BCUT2D eigenvalue weighted by atomic mass is 32.2. The van der Waals surface area contributed by atoms with Gasteiger partial charge in [-0.15, -0.1) is 0 Å². The number of halogens is 1. The minimum atomic E-state index is -0.895. The monoisotopic (exact) mass is 585 g/mol. The van der Waals surface area contributed by atoms with Gasteiger partial charge in [0.05, 0.1) is 22.7 Å². The molecule has 0 spiro atoms. The first-order chi connectivity index (χ1) is 20.3. The highest BCUT2D eigenvalue weighted by Crippen LogP contribution is 2.35. The number of carbonyl (C=O) groups excluding carboxylic acids is 1. The van der Waals surface area contributed by atoms with E-state index < -0.39 is 5.97 Å². The maximum absolute atomic E-state index is 15.3. The molecule has 5 rings (SSSR count). The number of hydrogen-bond acceptors (Lipinski definition) is 5. The van der Waals surface area contributed by atoms with Crippen molar-refractivity contribution >= 4 is 46.3 Å². The first-order valence-electron chi connectivity index (χ1n) is 14.5. The summed E-state index contributed by atoms with van der Waals surface area (Å²) >= 11 is 1.25. The molecule has 1 aliphatic carbocycles. The number of amidine groups is 1. The Morgan fingerprint density at radius 2 is 1.74 bits per heavy atom. The van der Waals surface area contributed by atoms with Gasteiger partial charge in [0.1, 0.15) is 5.82 Å². The van der Waals surface area contributed by atoms with Gasteiger partial charge in [0, 0.05) is 20.1 Å². The Balaban J connectivity index is 1.26. The fourth-order valence-corrected chi connectivity index (χ4v) is 6.67. The van der Waals surface area contributed by atoms with Gasteiger partial charge in [-0.1, -0.05) is 61.7 Å². The van der Waals surface area contributed by atoms with Crippen molar-refractivity contribution in [2.45, 2.75) is 57.9 Å². The van der Waals surface area contributed by atoms with Gasteiger partial charge in [0.25, 0.3) is 5.91 Å². The molecular formula is C34H36FN3O3S. The van der Waals surface area contributed by atoms with E-state index in [1.165, 1.54) is 55.5 Å². The molecule has 1 saturated heterocycles. The molecule has 218 valence electrons. The van der Waals surface area contributed by atoms with Crippen LogP contribution in [0.5, 0.6) is 0 Å². The van der Waals surface area contributed by atoms with Crippen molar-refractivity contribution in [1.82, 2.24) is 4.90 Å². The van der Waals surface area contributed by atoms with E-state index in [4.69, 9.17) is 5.11 Å². The van der Waals surface area contributed by atoms with Crippen LogP contribution in [0.3, 0.4) is 0 Å². The van der Waals surface area contributed by atoms with Crippen LogP contribution in [0.1, 0.15) is 67.2 Å². The predicted molar refractivity (Wildman–Crippen MR) is 169 cm³/mol. The molecule has 8 heteroatoms. The highest BCUT2D eigenvalue weighted by molar-refractivity contribution is 8.18. The molecule has 0 radical (unpaired) electrons. The van der Waals surface area contributed by atoms with Gasteiger partial charge in [-0.2, -0.15) is 0 Å². The molecule has 1 saturated carbocycles. The van der Waals surface area contributed by atoms with Crippen molar-refractivity contribution < 1.29 is 19.1 Å². The number of aliphatic imine (C=N–C) groups is 1. The minimum absolute atomic E-state index is 0.0589. The molecule has 6 nitrogen and oxygen atoms in total. The minimum Gasteiger partial charge on any atom is -0.481 e. The third-order valence-corrected chi connectivity index (χ3v) is 8.88. The number of nitrogens with zero attached hydrogens (tertiary/aromatic N) is 3. The van der Waals surface area contributed by atoms with Crippen LogP contribution in [-0.4, -0.2) is 40.6 Å². The molecule has 0 unspecified atom stereocenters. The van der Waals surface area contributed by atoms with Crippen molar-refractivity contribution in [2.24, 2.45) is 4.99 Å². The summed E-state index contributed by atoms with van der Waals surface area (Å²) in [6.45, 7) is 2.92. The highest BCUT2D eigenvalue weighted by Gasteiger charge is 2.32. The van der Waals surface area contributed by atoms with Crippen LogP contribution >= 0.6 is 11.8 Å². The van der Waals surface area contributed by atoms with Crippen molar-refractivity contribution in [3.63, 3.8) is 0 Å². The van der Waals surface area contributed by atoms with Crippen LogP contribution in [0, 0.1) is 5.82 Å². The Morgan fingerprint density at radius 3 is 2.38 bits per heavy atom. The average molecular weight is 586 g/mol. The molecule has 1 aliphatic heterocycles. The molecule has 3 aromatic rings. The fourth-order valence-electron chi connectivity index (χ4n) is 5.61. The SMILES string of the molecule is CCN1C(=O)/C(=C/c2ccc(N(C)Cc3ccc(C4CCCCC4)cc3)c(F)c2)S/C1=N/c1ccc(CC(=O)O)cc1. The second-order valence-electron chi connectivity index (χ2n) is 10.9. The molecule has 0 atom stereocenters. The Hall–Kier alpha value is -3.91. The molecule has 0 aromatic heterocycles. The number of benzene rings is 3. The van der Waals surface area contributed by atoms with Crippen molar-refractivity contribution in [3.8, 4) is 0 Å². The van der Waals surface area contributed by atoms with Crippen molar-refractivity contribution in [1.29, 1.82) is 0 Å². The summed E-state index contributed by atoms with van der Waals surface area (Å²) in [7, 11) is 1.89. The zero-order valence-corrected chi connectivity index (χ0v) is 24.9. The molecule has 1 heterocycles. The zero-order valence-electron chi connectivity index (χ0n) is 24.1. The number of carboxylic acid groups (broad SMARTS) is 1. The average Bonchev–Trinajstić information content (AvgIpc) is 3.27. The van der Waals surface area contributed by atoms with Crippen LogP contribution in [0.25, 0.3) is 6.08 Å². The number of anilines is 1. The van der Waals surface area contributed by atoms with E-state index in [1.54, 1.807) is 41.3 Å². The summed E-state index contributed by atoms with van der Waals surface area (Å²) in [5.74, 6) is -0.752. The van der Waals surface area contributed by atoms with E-state index in [9.17, 15) is 9.59 Å². The molecule has 1 amide bonds. The second-order valence-corrected chi connectivity index (χ2v) is 11.9. The van der Waals surface area contributed by atoms with E-state index in [2.05, 4.69) is 29.3 Å². The maximum atomic E-state index is 15.3. The molecule has 3 aromatic carbocycles. The number of aliphatic carboxylic acids is 1. The predicted octanol–water partition coefficient (Wildman–Crippen LogP) is 7.76. The third kappa shape index (κ3) is 7.10. The first kappa shape index (κ1) is 29.6. The number of likely N-dealkylation sites (N-methyl/N-ethyl adjacent to an activating group) is 1. The Morgan fingerprint density at radius 1 is 1.05 bits per heavy atom. The summed E-state index contributed by atoms with van der Waals surface area (Å²) in [6.07, 6.45) is 8.15. The summed E-state index contributed by atoms with van der Waals surface area (Å²) in [5.41, 5.74) is 4.96. The van der Waals surface area contributed by atoms with E-state index in [-0.39, 0.29) is 18.1 Å². The van der Waals surface area contributed by atoms with Gasteiger partial charge in [-0.25, -0.2) is 9.38 Å². The molecule has 42 heavy (non-hydrogen) atoms. The number of carbonyl (C=O) groups is 2. The molecular weight excluding hydrogens is 549 g/mol. The molecule has 2 aliphatic rings. The van der Waals surface area contributed by atoms with Crippen LogP contribution in [0.2, 0.25) is 0 Å². The first-order valence-corrected chi connectivity index (χ1v) is 15.3. The normalized spacial score (nSPS) is 17.8. The van der Waals surface area contributed by atoms with Crippen LogP contribution in [0.4, 0.5) is 15.8 Å². The van der Waals surface area contributed by atoms with Gasteiger partial charge in [-0.05, 0) is 90.0 Å². The van der Waals surface area contributed by atoms with E-state index in [0.717, 1.165) is 5.56 Å². The lowest BCUT2D eigenvalue weighted by molar-refractivity contribution is -0.136. The van der Waals surface area contributed by atoms with Crippen LogP contribution in [0.15, 0.2) is 76.6 Å². The zero-order chi connectivity index (χ0) is 29.6. The quantitative estimate of drug-likeness (QED) is 0.260. The summed E-state index contributed by atoms with van der Waals surface area (Å²) in [4.78, 5) is 32.6. The lowest BCUT2D eigenvalue weighted by atomic mass is 9.84. The Kier molecular flexibility index (Phi) is 9.42. The lowest BCUT2D eigenvalue weighted by Crippen LogP contribution is -2.28. The van der Waals surface area contributed by atoms with Gasteiger partial charge >= 0.3 is 5.97 Å². The Labute approximate surface area is 251 Å². The van der Waals surface area contributed by atoms with E-state index in [0.29, 0.717) is 51.6 Å². The second kappa shape index (κ2) is 13.4. The number of hydrogen-bond donors (Lipinski definition) is 1. The largest absolute Gasteiger partial charge is 0.481 e. The topological polar surface area (TPSA) is 73.2 Å². The van der Waals surface area contributed by atoms with Gasteiger partial charge in [0.15, 0.2) is 5.17 Å². The smallest absolute Gasteiger partial charge is 0.307 e.